The maximum absolute atomic E-state index is 13.3. The molecule has 0 unspecified atom stereocenters. The van der Waals surface area contributed by atoms with Gasteiger partial charge in [0.05, 0.1) is 11.0 Å². The maximum Gasteiger partial charge on any atom is 0.451 e. The molecule has 0 saturated heterocycles. The number of aromatic hydroxyl groups is 1. The number of aromatic nitrogens is 3. The average Bonchev–Trinajstić information content (AvgIpc) is 2.92. The molecule has 0 aliphatic rings. The fourth-order valence-corrected chi connectivity index (χ4v) is 2.60. The molecule has 10 heteroatoms. The molecule has 0 aliphatic heterocycles. The second-order valence-corrected chi connectivity index (χ2v) is 5.60. The van der Waals surface area contributed by atoms with Crippen LogP contribution in [-0.4, -0.2) is 20.1 Å². The topological polar surface area (TPSA) is 86.5 Å². The summed E-state index contributed by atoms with van der Waals surface area (Å²) in [5, 5.41) is 18.2. The molecule has 136 valence electrons. The first-order valence-electron chi connectivity index (χ1n) is 7.59. The number of fused-ring (bicyclic) bond motifs is 2. The van der Waals surface area contributed by atoms with Crippen LogP contribution in [0.5, 0.6) is 5.88 Å². The van der Waals surface area contributed by atoms with Gasteiger partial charge in [0.2, 0.25) is 11.7 Å². The normalized spacial score (nSPS) is 12.4. The van der Waals surface area contributed by atoms with Crippen LogP contribution in [0.15, 0.2) is 52.7 Å². The SMILES string of the molecule is Oc1[nH]c2cc(F)ccc2c1N=Nc1nc(C(F)(F)F)nc2ccccc12. The van der Waals surface area contributed by atoms with E-state index in [0.717, 1.165) is 12.1 Å². The molecule has 2 N–H and O–H groups in total. The number of nitrogens with one attached hydrogen (secondary N) is 1. The standard InChI is InChI=1S/C17H9F4N5O/c18-8-5-6-9-12(7-8)22-15(27)13(9)25-26-14-10-3-1-2-4-11(10)23-16(24-14)17(19,20)21/h1-7,22,27H. The molecule has 0 spiro atoms. The minimum atomic E-state index is -4.76. The first-order valence-corrected chi connectivity index (χ1v) is 7.59. The van der Waals surface area contributed by atoms with Crippen LogP contribution in [-0.2, 0) is 6.18 Å². The number of azo groups is 1. The van der Waals surface area contributed by atoms with Crippen molar-refractivity contribution in [3.63, 3.8) is 0 Å². The number of alkyl halides is 3. The molecular formula is C17H9F4N5O. The zero-order valence-electron chi connectivity index (χ0n) is 13.3. The summed E-state index contributed by atoms with van der Waals surface area (Å²) in [6, 6.07) is 9.73. The quantitative estimate of drug-likeness (QED) is 0.364. The summed E-state index contributed by atoms with van der Waals surface area (Å²) in [6.07, 6.45) is -4.76. The van der Waals surface area contributed by atoms with Gasteiger partial charge in [-0.25, -0.2) is 14.4 Å². The van der Waals surface area contributed by atoms with Crippen molar-refractivity contribution in [3.8, 4) is 5.88 Å². The summed E-state index contributed by atoms with van der Waals surface area (Å²) in [6.45, 7) is 0. The van der Waals surface area contributed by atoms with Crippen molar-refractivity contribution < 1.29 is 22.7 Å². The Morgan fingerprint density at radius 3 is 2.52 bits per heavy atom. The molecule has 2 aromatic heterocycles. The molecule has 6 nitrogen and oxygen atoms in total. The summed E-state index contributed by atoms with van der Waals surface area (Å²) in [5.41, 5.74) is 0.283. The Kier molecular flexibility index (Phi) is 3.76. The molecule has 0 atom stereocenters. The third-order valence-electron chi connectivity index (χ3n) is 3.80. The molecule has 0 saturated carbocycles. The minimum Gasteiger partial charge on any atom is -0.493 e. The van der Waals surface area contributed by atoms with Crippen LogP contribution >= 0.6 is 0 Å². The van der Waals surface area contributed by atoms with Gasteiger partial charge in [-0.1, -0.05) is 12.1 Å². The molecule has 0 amide bonds. The summed E-state index contributed by atoms with van der Waals surface area (Å²) in [4.78, 5) is 9.47. The Balaban J connectivity index is 1.87. The third-order valence-corrected chi connectivity index (χ3v) is 3.80. The van der Waals surface area contributed by atoms with Gasteiger partial charge in [-0.2, -0.15) is 13.2 Å². The van der Waals surface area contributed by atoms with Gasteiger partial charge in [0.1, 0.15) is 5.82 Å². The lowest BCUT2D eigenvalue weighted by Gasteiger charge is -2.07. The van der Waals surface area contributed by atoms with E-state index in [4.69, 9.17) is 0 Å². The second-order valence-electron chi connectivity index (χ2n) is 5.60. The lowest BCUT2D eigenvalue weighted by atomic mass is 10.2. The second kappa shape index (κ2) is 6.01. The Labute approximate surface area is 148 Å². The zero-order valence-corrected chi connectivity index (χ0v) is 13.3. The number of hydrogen-bond acceptors (Lipinski definition) is 5. The van der Waals surface area contributed by atoms with Crippen LogP contribution in [0.1, 0.15) is 5.82 Å². The molecular weight excluding hydrogens is 366 g/mol. The highest BCUT2D eigenvalue weighted by Gasteiger charge is 2.35. The van der Waals surface area contributed by atoms with Crippen molar-refractivity contribution in [2.75, 3.05) is 0 Å². The molecule has 0 radical (unpaired) electrons. The fraction of sp³-hybridized carbons (Fsp3) is 0.0588. The number of para-hydroxylation sites is 1. The van der Waals surface area contributed by atoms with Crippen molar-refractivity contribution in [2.45, 2.75) is 6.18 Å². The van der Waals surface area contributed by atoms with Crippen LogP contribution < -0.4 is 0 Å². The van der Waals surface area contributed by atoms with E-state index in [2.05, 4.69) is 25.2 Å². The number of halogens is 4. The summed E-state index contributed by atoms with van der Waals surface area (Å²) >= 11 is 0. The molecule has 4 rings (SSSR count). The van der Waals surface area contributed by atoms with Crippen molar-refractivity contribution >= 4 is 33.3 Å². The van der Waals surface area contributed by atoms with Crippen molar-refractivity contribution in [1.82, 2.24) is 15.0 Å². The largest absolute Gasteiger partial charge is 0.493 e. The van der Waals surface area contributed by atoms with E-state index in [1.165, 1.54) is 24.3 Å². The van der Waals surface area contributed by atoms with Crippen molar-refractivity contribution in [3.05, 3.63) is 54.1 Å². The molecule has 2 heterocycles. The smallest absolute Gasteiger partial charge is 0.451 e. The first kappa shape index (κ1) is 16.9. The molecule has 0 fully saturated rings. The van der Waals surface area contributed by atoms with Gasteiger partial charge in [-0.15, -0.1) is 10.2 Å². The third kappa shape index (κ3) is 3.05. The highest BCUT2D eigenvalue weighted by molar-refractivity contribution is 5.94. The Hall–Kier alpha value is -3.56. The van der Waals surface area contributed by atoms with Crippen LogP contribution in [0.3, 0.4) is 0 Å². The van der Waals surface area contributed by atoms with Crippen molar-refractivity contribution in [2.24, 2.45) is 10.2 Å². The predicted molar refractivity (Wildman–Crippen MR) is 88.6 cm³/mol. The zero-order chi connectivity index (χ0) is 19.2. The highest BCUT2D eigenvalue weighted by atomic mass is 19.4. The Morgan fingerprint density at radius 1 is 0.963 bits per heavy atom. The van der Waals surface area contributed by atoms with Crippen LogP contribution in [0.2, 0.25) is 0 Å². The number of hydrogen-bond donors (Lipinski definition) is 2. The van der Waals surface area contributed by atoms with Gasteiger partial charge in [0.15, 0.2) is 11.5 Å². The van der Waals surface area contributed by atoms with E-state index in [0.29, 0.717) is 5.39 Å². The number of aromatic amines is 1. The van der Waals surface area contributed by atoms with Crippen LogP contribution in [0.25, 0.3) is 21.8 Å². The highest BCUT2D eigenvalue weighted by Crippen LogP contribution is 2.37. The predicted octanol–water partition coefficient (Wildman–Crippen LogP) is 5.39. The van der Waals surface area contributed by atoms with Gasteiger partial charge < -0.3 is 10.1 Å². The Morgan fingerprint density at radius 2 is 1.74 bits per heavy atom. The lowest BCUT2D eigenvalue weighted by Crippen LogP contribution is -2.10. The van der Waals surface area contributed by atoms with Gasteiger partial charge in [0, 0.05) is 10.8 Å². The van der Waals surface area contributed by atoms with E-state index >= 15 is 0 Å². The van der Waals surface area contributed by atoms with E-state index in [-0.39, 0.29) is 27.9 Å². The number of nitrogens with zero attached hydrogens (tertiary/aromatic N) is 4. The first-order chi connectivity index (χ1) is 12.8. The summed E-state index contributed by atoms with van der Waals surface area (Å²) < 4.78 is 52.4. The summed E-state index contributed by atoms with van der Waals surface area (Å²) in [5.74, 6) is -2.57. The Bertz CT molecular complexity index is 1200. The maximum atomic E-state index is 13.3. The molecule has 0 aliphatic carbocycles. The van der Waals surface area contributed by atoms with E-state index in [9.17, 15) is 22.7 Å². The van der Waals surface area contributed by atoms with Crippen molar-refractivity contribution in [1.29, 1.82) is 0 Å². The monoisotopic (exact) mass is 375 g/mol. The number of benzene rings is 2. The molecule has 0 bridgehead atoms. The van der Waals surface area contributed by atoms with Crippen LogP contribution in [0, 0.1) is 5.82 Å². The fourth-order valence-electron chi connectivity index (χ4n) is 2.60. The molecule has 2 aromatic carbocycles. The summed E-state index contributed by atoms with van der Waals surface area (Å²) in [7, 11) is 0. The molecule has 4 aromatic rings. The van der Waals surface area contributed by atoms with Gasteiger partial charge in [0.25, 0.3) is 0 Å². The van der Waals surface area contributed by atoms with Crippen LogP contribution in [0.4, 0.5) is 29.1 Å². The van der Waals surface area contributed by atoms with E-state index < -0.39 is 23.7 Å². The lowest BCUT2D eigenvalue weighted by molar-refractivity contribution is -0.144. The van der Waals surface area contributed by atoms with E-state index in [1.54, 1.807) is 6.07 Å². The molecule has 27 heavy (non-hydrogen) atoms. The van der Waals surface area contributed by atoms with Gasteiger partial charge in [-0.05, 0) is 30.3 Å². The minimum absolute atomic E-state index is 0.0405. The van der Waals surface area contributed by atoms with E-state index in [1.807, 2.05) is 0 Å². The van der Waals surface area contributed by atoms with Gasteiger partial charge >= 0.3 is 6.18 Å². The van der Waals surface area contributed by atoms with Gasteiger partial charge in [-0.3, -0.25) is 0 Å². The number of H-pyrrole nitrogens is 1. The number of rotatable bonds is 2. The average molecular weight is 375 g/mol.